The molecule has 2 heterocycles. The monoisotopic (exact) mass is 299 g/mol. The molecular formula is C12H14FN3O3S. The second kappa shape index (κ2) is 6.02. The molecule has 0 spiro atoms. The third kappa shape index (κ3) is 3.34. The molecule has 0 saturated carbocycles. The fourth-order valence-corrected chi connectivity index (χ4v) is 2.52. The standard InChI is InChI=1S/C12H14FN3O3S/c1-2-14-7-9-3-4-12(19-9)20(17,18)16-11-5-6-15-8-10(11)13/h3-6,8,14H,2,7H2,1H3,(H,15,16). The summed E-state index contributed by atoms with van der Waals surface area (Å²) < 4.78 is 44.8. The zero-order chi connectivity index (χ0) is 14.6. The average Bonchev–Trinajstić information content (AvgIpc) is 2.88. The van der Waals surface area contributed by atoms with E-state index in [1.807, 2.05) is 6.92 Å². The molecular weight excluding hydrogens is 285 g/mol. The van der Waals surface area contributed by atoms with Gasteiger partial charge in [0, 0.05) is 6.20 Å². The molecule has 20 heavy (non-hydrogen) atoms. The highest BCUT2D eigenvalue weighted by molar-refractivity contribution is 7.92. The van der Waals surface area contributed by atoms with E-state index in [1.54, 1.807) is 6.07 Å². The van der Waals surface area contributed by atoms with Gasteiger partial charge < -0.3 is 9.73 Å². The van der Waals surface area contributed by atoms with Gasteiger partial charge in [0.15, 0.2) is 5.82 Å². The van der Waals surface area contributed by atoms with Crippen LogP contribution in [0.2, 0.25) is 0 Å². The second-order valence-corrected chi connectivity index (χ2v) is 5.58. The van der Waals surface area contributed by atoms with E-state index in [2.05, 4.69) is 15.0 Å². The zero-order valence-electron chi connectivity index (χ0n) is 10.8. The van der Waals surface area contributed by atoms with E-state index in [9.17, 15) is 12.8 Å². The van der Waals surface area contributed by atoms with Crippen molar-refractivity contribution in [2.24, 2.45) is 0 Å². The average molecular weight is 299 g/mol. The number of halogens is 1. The Bertz CT molecular complexity index is 685. The molecule has 2 N–H and O–H groups in total. The molecule has 0 bridgehead atoms. The first-order valence-electron chi connectivity index (χ1n) is 5.94. The SMILES string of the molecule is CCNCc1ccc(S(=O)(=O)Nc2ccncc2F)o1. The van der Waals surface area contributed by atoms with Gasteiger partial charge in [0.25, 0.3) is 10.0 Å². The Kier molecular flexibility index (Phi) is 4.35. The quantitative estimate of drug-likeness (QED) is 0.848. The summed E-state index contributed by atoms with van der Waals surface area (Å²) in [6, 6.07) is 4.11. The van der Waals surface area contributed by atoms with Crippen LogP contribution in [-0.4, -0.2) is 19.9 Å². The van der Waals surface area contributed by atoms with Gasteiger partial charge in [-0.2, -0.15) is 8.42 Å². The highest BCUT2D eigenvalue weighted by atomic mass is 32.2. The number of anilines is 1. The fourth-order valence-electron chi connectivity index (χ4n) is 1.50. The van der Waals surface area contributed by atoms with Crippen LogP contribution < -0.4 is 10.0 Å². The summed E-state index contributed by atoms with van der Waals surface area (Å²) in [6.07, 6.45) is 2.22. The van der Waals surface area contributed by atoms with Crippen LogP contribution in [0.3, 0.4) is 0 Å². The molecule has 0 atom stereocenters. The Morgan fingerprint density at radius 2 is 2.15 bits per heavy atom. The minimum atomic E-state index is -3.95. The second-order valence-electron chi connectivity index (χ2n) is 3.96. The number of rotatable bonds is 6. The molecule has 0 aromatic carbocycles. The number of pyridine rings is 1. The summed E-state index contributed by atoms with van der Waals surface area (Å²) in [4.78, 5) is 3.54. The van der Waals surface area contributed by atoms with Crippen molar-refractivity contribution in [3.8, 4) is 0 Å². The highest BCUT2D eigenvalue weighted by Gasteiger charge is 2.20. The lowest BCUT2D eigenvalue weighted by atomic mass is 10.4. The van der Waals surface area contributed by atoms with Crippen LogP contribution >= 0.6 is 0 Å². The van der Waals surface area contributed by atoms with Crippen molar-refractivity contribution >= 4 is 15.7 Å². The van der Waals surface area contributed by atoms with Crippen LogP contribution in [0.15, 0.2) is 40.1 Å². The molecule has 8 heteroatoms. The fraction of sp³-hybridized carbons (Fsp3) is 0.250. The number of furan rings is 1. The number of hydrogen-bond donors (Lipinski definition) is 2. The van der Waals surface area contributed by atoms with Crippen LogP contribution in [0.4, 0.5) is 10.1 Å². The first-order chi connectivity index (χ1) is 9.53. The van der Waals surface area contributed by atoms with Gasteiger partial charge in [0.05, 0.1) is 18.4 Å². The maximum Gasteiger partial charge on any atom is 0.295 e. The lowest BCUT2D eigenvalue weighted by Crippen LogP contribution is -2.13. The molecule has 2 aromatic heterocycles. The van der Waals surface area contributed by atoms with Crippen LogP contribution in [0.25, 0.3) is 0 Å². The summed E-state index contributed by atoms with van der Waals surface area (Å²) in [6.45, 7) is 3.09. The van der Waals surface area contributed by atoms with E-state index in [0.717, 1.165) is 12.7 Å². The number of nitrogens with one attached hydrogen (secondary N) is 2. The molecule has 2 aromatic rings. The van der Waals surface area contributed by atoms with Gasteiger partial charge in [-0.15, -0.1) is 0 Å². The van der Waals surface area contributed by atoms with Crippen molar-refractivity contribution in [2.45, 2.75) is 18.6 Å². The van der Waals surface area contributed by atoms with Gasteiger partial charge in [-0.25, -0.2) is 4.39 Å². The van der Waals surface area contributed by atoms with E-state index < -0.39 is 15.8 Å². The number of nitrogens with zero attached hydrogens (tertiary/aromatic N) is 1. The molecule has 108 valence electrons. The van der Waals surface area contributed by atoms with Gasteiger partial charge in [0.1, 0.15) is 5.76 Å². The Labute approximate surface area is 116 Å². The van der Waals surface area contributed by atoms with Crippen LogP contribution in [0, 0.1) is 5.82 Å². The molecule has 0 radical (unpaired) electrons. The van der Waals surface area contributed by atoms with E-state index in [0.29, 0.717) is 12.3 Å². The van der Waals surface area contributed by atoms with Gasteiger partial charge in [-0.3, -0.25) is 9.71 Å². The molecule has 0 aliphatic carbocycles. The third-order valence-electron chi connectivity index (χ3n) is 2.47. The molecule has 0 unspecified atom stereocenters. The van der Waals surface area contributed by atoms with Crippen LogP contribution in [0.1, 0.15) is 12.7 Å². The largest absolute Gasteiger partial charge is 0.446 e. The molecule has 0 aliphatic heterocycles. The Morgan fingerprint density at radius 3 is 2.85 bits per heavy atom. The molecule has 0 aliphatic rings. The van der Waals surface area contributed by atoms with Gasteiger partial charge in [-0.05, 0) is 24.7 Å². The summed E-state index contributed by atoms with van der Waals surface area (Å²) in [5.74, 6) is -0.266. The Balaban J connectivity index is 2.18. The lowest BCUT2D eigenvalue weighted by molar-refractivity contribution is 0.405. The first-order valence-corrected chi connectivity index (χ1v) is 7.43. The molecule has 0 fully saturated rings. The number of sulfonamides is 1. The normalized spacial score (nSPS) is 11.5. The molecule has 0 saturated heterocycles. The summed E-state index contributed by atoms with van der Waals surface area (Å²) >= 11 is 0. The zero-order valence-corrected chi connectivity index (χ0v) is 11.6. The van der Waals surface area contributed by atoms with Crippen molar-refractivity contribution in [1.82, 2.24) is 10.3 Å². The van der Waals surface area contributed by atoms with Crippen molar-refractivity contribution in [1.29, 1.82) is 0 Å². The maximum atomic E-state index is 13.4. The predicted octanol–water partition coefficient (Wildman–Crippen LogP) is 1.72. The Hall–Kier alpha value is -1.93. The minimum Gasteiger partial charge on any atom is -0.446 e. The van der Waals surface area contributed by atoms with Gasteiger partial charge >= 0.3 is 0 Å². The van der Waals surface area contributed by atoms with Crippen LogP contribution in [0.5, 0.6) is 0 Å². The van der Waals surface area contributed by atoms with E-state index >= 15 is 0 Å². The molecule has 0 amide bonds. The first kappa shape index (κ1) is 14.5. The summed E-state index contributed by atoms with van der Waals surface area (Å²) in [5.41, 5.74) is -0.176. The topological polar surface area (TPSA) is 84.2 Å². The van der Waals surface area contributed by atoms with Gasteiger partial charge in [0.2, 0.25) is 5.09 Å². The van der Waals surface area contributed by atoms with Crippen molar-refractivity contribution in [3.05, 3.63) is 42.2 Å². The van der Waals surface area contributed by atoms with E-state index in [1.165, 1.54) is 18.3 Å². The number of hydrogen-bond acceptors (Lipinski definition) is 5. The molecule has 6 nitrogen and oxygen atoms in total. The number of aromatic nitrogens is 1. The van der Waals surface area contributed by atoms with Crippen molar-refractivity contribution < 1.29 is 17.2 Å². The predicted molar refractivity (Wildman–Crippen MR) is 71.1 cm³/mol. The van der Waals surface area contributed by atoms with Crippen molar-refractivity contribution in [3.63, 3.8) is 0 Å². The van der Waals surface area contributed by atoms with Gasteiger partial charge in [-0.1, -0.05) is 6.92 Å². The summed E-state index contributed by atoms with van der Waals surface area (Å²) in [5, 5.41) is 2.75. The van der Waals surface area contributed by atoms with E-state index in [-0.39, 0.29) is 10.8 Å². The minimum absolute atomic E-state index is 0.176. The maximum absolute atomic E-state index is 13.4. The lowest BCUT2D eigenvalue weighted by Gasteiger charge is -2.06. The highest BCUT2D eigenvalue weighted by Crippen LogP contribution is 2.19. The Morgan fingerprint density at radius 1 is 1.35 bits per heavy atom. The smallest absolute Gasteiger partial charge is 0.295 e. The van der Waals surface area contributed by atoms with E-state index in [4.69, 9.17) is 4.42 Å². The summed E-state index contributed by atoms with van der Waals surface area (Å²) in [7, 11) is -3.95. The third-order valence-corrected chi connectivity index (χ3v) is 3.71. The van der Waals surface area contributed by atoms with Crippen molar-refractivity contribution in [2.75, 3.05) is 11.3 Å². The van der Waals surface area contributed by atoms with Crippen LogP contribution in [-0.2, 0) is 16.6 Å². The molecule has 2 rings (SSSR count).